The Morgan fingerprint density at radius 1 is 1.03 bits per heavy atom. The van der Waals surface area contributed by atoms with E-state index in [0.717, 1.165) is 15.7 Å². The van der Waals surface area contributed by atoms with Gasteiger partial charge in [0.05, 0.1) is 20.6 Å². The van der Waals surface area contributed by atoms with Gasteiger partial charge in [-0.05, 0) is 46.3 Å². The van der Waals surface area contributed by atoms with Gasteiger partial charge in [-0.2, -0.15) is 0 Å². The van der Waals surface area contributed by atoms with Crippen LogP contribution in [0.25, 0.3) is 10.9 Å². The monoisotopic (exact) mass is 581 g/mol. The molecule has 0 atom stereocenters. The first-order valence-electron chi connectivity index (χ1n) is 8.99. The fraction of sp³-hybridized carbons (Fsp3) is 0.0455. The number of rotatable bonds is 6. The fourth-order valence-corrected chi connectivity index (χ4v) is 6.48. The summed E-state index contributed by atoms with van der Waals surface area (Å²) in [4.78, 5) is 13.1. The molecule has 0 saturated carbocycles. The molecule has 0 unspecified atom stereocenters. The standard InChI is InChI=1S/C22H14Br2FNO3S2/c23-13-20(27)14-5-4-6-15(11-14)30-22-18(25)12-19-17(21(22)24)9-10-26(19)31(28,29)16-7-2-1-3-8-16/h1-12H,13H2. The largest absolute Gasteiger partial charge is 0.293 e. The molecule has 4 aromatic rings. The summed E-state index contributed by atoms with van der Waals surface area (Å²) in [7, 11) is -3.87. The highest BCUT2D eigenvalue weighted by molar-refractivity contribution is 9.10. The maximum Gasteiger partial charge on any atom is 0.268 e. The molecule has 4 nitrogen and oxygen atoms in total. The highest BCUT2D eigenvalue weighted by Crippen LogP contribution is 2.41. The Bertz CT molecular complexity index is 1400. The third kappa shape index (κ3) is 4.24. The summed E-state index contributed by atoms with van der Waals surface area (Å²) < 4.78 is 42.7. The van der Waals surface area contributed by atoms with E-state index in [1.54, 1.807) is 48.5 Å². The number of nitrogens with zero attached hydrogens (tertiary/aromatic N) is 1. The zero-order valence-electron chi connectivity index (χ0n) is 15.8. The van der Waals surface area contributed by atoms with Gasteiger partial charge in [0.15, 0.2) is 5.78 Å². The number of benzene rings is 3. The van der Waals surface area contributed by atoms with Gasteiger partial charge in [0.25, 0.3) is 10.0 Å². The summed E-state index contributed by atoms with van der Waals surface area (Å²) in [5.41, 5.74) is 0.764. The second-order valence-corrected chi connectivity index (χ2v) is 10.8. The summed E-state index contributed by atoms with van der Waals surface area (Å²) in [6.45, 7) is 0. The fourth-order valence-electron chi connectivity index (χ4n) is 3.10. The maximum absolute atomic E-state index is 15.1. The first kappa shape index (κ1) is 22.3. The molecule has 31 heavy (non-hydrogen) atoms. The van der Waals surface area contributed by atoms with E-state index in [1.165, 1.54) is 24.4 Å². The molecule has 0 saturated heterocycles. The third-order valence-electron chi connectivity index (χ3n) is 4.60. The molecule has 0 N–H and O–H groups in total. The van der Waals surface area contributed by atoms with Crippen LogP contribution in [0.4, 0.5) is 4.39 Å². The average Bonchev–Trinajstić information content (AvgIpc) is 3.21. The van der Waals surface area contributed by atoms with Crippen LogP contribution in [0.1, 0.15) is 10.4 Å². The summed E-state index contributed by atoms with van der Waals surface area (Å²) in [5, 5.41) is 0.769. The summed E-state index contributed by atoms with van der Waals surface area (Å²) in [6.07, 6.45) is 1.42. The zero-order chi connectivity index (χ0) is 22.2. The number of fused-ring (bicyclic) bond motifs is 1. The first-order valence-corrected chi connectivity index (χ1v) is 13.2. The van der Waals surface area contributed by atoms with E-state index < -0.39 is 15.8 Å². The molecule has 9 heteroatoms. The average molecular weight is 583 g/mol. The lowest BCUT2D eigenvalue weighted by atomic mass is 10.2. The van der Waals surface area contributed by atoms with Crippen molar-refractivity contribution in [1.82, 2.24) is 3.97 Å². The van der Waals surface area contributed by atoms with Crippen molar-refractivity contribution in [2.24, 2.45) is 0 Å². The van der Waals surface area contributed by atoms with Gasteiger partial charge in [0, 0.05) is 32.6 Å². The van der Waals surface area contributed by atoms with Crippen LogP contribution in [0.2, 0.25) is 0 Å². The van der Waals surface area contributed by atoms with Crippen LogP contribution in [-0.2, 0) is 10.0 Å². The van der Waals surface area contributed by atoms with Crippen molar-refractivity contribution in [2.75, 3.05) is 5.33 Å². The molecule has 0 spiro atoms. The SMILES string of the molecule is O=C(CBr)c1cccc(Sc2c(F)cc3c(ccn3S(=O)(=O)c3ccccc3)c2Br)c1. The quantitative estimate of drug-likeness (QED) is 0.192. The van der Waals surface area contributed by atoms with Crippen molar-refractivity contribution in [3.05, 3.63) is 88.8 Å². The molecule has 0 aliphatic carbocycles. The Kier molecular flexibility index (Phi) is 6.39. The van der Waals surface area contributed by atoms with Crippen molar-refractivity contribution in [1.29, 1.82) is 0 Å². The molecule has 4 rings (SSSR count). The van der Waals surface area contributed by atoms with E-state index in [9.17, 15) is 13.2 Å². The summed E-state index contributed by atoms with van der Waals surface area (Å²) in [5.74, 6) is -0.634. The predicted molar refractivity (Wildman–Crippen MR) is 127 cm³/mol. The molecule has 0 aliphatic heterocycles. The normalized spacial score (nSPS) is 11.7. The molecule has 1 heterocycles. The zero-order valence-corrected chi connectivity index (χ0v) is 20.6. The van der Waals surface area contributed by atoms with Crippen molar-refractivity contribution in [2.45, 2.75) is 14.7 Å². The number of aromatic nitrogens is 1. The Morgan fingerprint density at radius 2 is 1.77 bits per heavy atom. The number of hydrogen-bond acceptors (Lipinski definition) is 4. The van der Waals surface area contributed by atoms with Gasteiger partial charge in [0.2, 0.25) is 0 Å². The molecular formula is C22H14Br2FNO3S2. The van der Waals surface area contributed by atoms with Gasteiger partial charge in [-0.25, -0.2) is 16.8 Å². The van der Waals surface area contributed by atoms with Gasteiger partial charge in [0.1, 0.15) is 5.82 Å². The van der Waals surface area contributed by atoms with Gasteiger partial charge in [-0.3, -0.25) is 4.79 Å². The Morgan fingerprint density at radius 3 is 2.48 bits per heavy atom. The Labute approximate surface area is 199 Å². The second-order valence-electron chi connectivity index (χ2n) is 6.55. The van der Waals surface area contributed by atoms with Crippen LogP contribution in [0.15, 0.2) is 92.1 Å². The number of halogens is 3. The van der Waals surface area contributed by atoms with Gasteiger partial charge < -0.3 is 0 Å². The minimum absolute atomic E-state index is 0.0689. The molecule has 3 aromatic carbocycles. The lowest BCUT2D eigenvalue weighted by Gasteiger charge is -2.11. The third-order valence-corrected chi connectivity index (χ3v) is 9.00. The van der Waals surface area contributed by atoms with E-state index in [-0.39, 0.29) is 21.5 Å². The number of carbonyl (C=O) groups excluding carboxylic acids is 1. The molecule has 0 radical (unpaired) electrons. The highest BCUT2D eigenvalue weighted by Gasteiger charge is 2.22. The lowest BCUT2D eigenvalue weighted by Crippen LogP contribution is -2.11. The molecule has 158 valence electrons. The van der Waals surface area contributed by atoms with Crippen LogP contribution >= 0.6 is 43.6 Å². The number of carbonyl (C=O) groups is 1. The molecule has 0 aliphatic rings. The minimum atomic E-state index is -3.87. The molecular weight excluding hydrogens is 569 g/mol. The lowest BCUT2D eigenvalue weighted by molar-refractivity contribution is 0.102. The molecule has 0 fully saturated rings. The van der Waals surface area contributed by atoms with E-state index in [1.807, 2.05) is 0 Å². The van der Waals surface area contributed by atoms with Crippen LogP contribution in [0.5, 0.6) is 0 Å². The van der Waals surface area contributed by atoms with E-state index in [2.05, 4.69) is 31.9 Å². The van der Waals surface area contributed by atoms with E-state index >= 15 is 4.39 Å². The summed E-state index contributed by atoms with van der Waals surface area (Å²) in [6, 6.07) is 17.8. The predicted octanol–water partition coefficient (Wildman–Crippen LogP) is 6.51. The number of hydrogen-bond donors (Lipinski definition) is 0. The Balaban J connectivity index is 1.78. The van der Waals surface area contributed by atoms with Gasteiger partial charge in [-0.1, -0.05) is 58.0 Å². The van der Waals surface area contributed by atoms with Crippen molar-refractivity contribution in [3.8, 4) is 0 Å². The minimum Gasteiger partial charge on any atom is -0.293 e. The van der Waals surface area contributed by atoms with Crippen molar-refractivity contribution < 1.29 is 17.6 Å². The van der Waals surface area contributed by atoms with Crippen LogP contribution < -0.4 is 0 Å². The van der Waals surface area contributed by atoms with Gasteiger partial charge in [-0.15, -0.1) is 0 Å². The smallest absolute Gasteiger partial charge is 0.268 e. The number of Topliss-reactive ketones (excluding diaryl/α,β-unsaturated/α-hetero) is 1. The number of alkyl halides is 1. The Hall–Kier alpha value is -1.94. The summed E-state index contributed by atoms with van der Waals surface area (Å²) >= 11 is 7.76. The van der Waals surface area contributed by atoms with Crippen LogP contribution in [-0.4, -0.2) is 23.5 Å². The van der Waals surface area contributed by atoms with Crippen molar-refractivity contribution >= 4 is 70.3 Å². The molecule has 1 aromatic heterocycles. The number of ketones is 1. The van der Waals surface area contributed by atoms with Crippen LogP contribution in [0.3, 0.4) is 0 Å². The van der Waals surface area contributed by atoms with Gasteiger partial charge >= 0.3 is 0 Å². The maximum atomic E-state index is 15.1. The highest BCUT2D eigenvalue weighted by atomic mass is 79.9. The van der Waals surface area contributed by atoms with E-state index in [0.29, 0.717) is 25.2 Å². The molecule has 0 bridgehead atoms. The topological polar surface area (TPSA) is 56.1 Å². The van der Waals surface area contributed by atoms with Crippen LogP contribution in [0, 0.1) is 5.82 Å². The molecule has 0 amide bonds. The second kappa shape index (κ2) is 8.90. The van der Waals surface area contributed by atoms with Crippen molar-refractivity contribution in [3.63, 3.8) is 0 Å². The first-order chi connectivity index (χ1) is 14.8. The van der Waals surface area contributed by atoms with E-state index in [4.69, 9.17) is 0 Å².